The van der Waals surface area contributed by atoms with Crippen LogP contribution in [-0.4, -0.2) is 12.5 Å². The van der Waals surface area contributed by atoms with E-state index in [0.717, 1.165) is 22.2 Å². The standard InChI is InChI=1S/C16H15BrF2N2O/c1-10-2-3-12(8-13(10)17)21-16(22)6-7-20-11-4-5-14(18)15(19)9-11/h2-5,8-9,20H,6-7H2,1H3,(H,21,22). The molecule has 0 radical (unpaired) electrons. The molecule has 2 rings (SSSR count). The van der Waals surface area contributed by atoms with Gasteiger partial charge in [0.15, 0.2) is 11.6 Å². The van der Waals surface area contributed by atoms with Gasteiger partial charge < -0.3 is 10.6 Å². The summed E-state index contributed by atoms with van der Waals surface area (Å²) in [6.07, 6.45) is 0.213. The molecule has 2 aromatic carbocycles. The predicted molar refractivity (Wildman–Crippen MR) is 87.0 cm³/mol. The fraction of sp³-hybridized carbons (Fsp3) is 0.188. The van der Waals surface area contributed by atoms with Crippen LogP contribution in [0, 0.1) is 18.6 Å². The Hall–Kier alpha value is -1.95. The van der Waals surface area contributed by atoms with E-state index in [2.05, 4.69) is 26.6 Å². The van der Waals surface area contributed by atoms with Crippen molar-refractivity contribution in [3.63, 3.8) is 0 Å². The Morgan fingerprint density at radius 1 is 1.09 bits per heavy atom. The van der Waals surface area contributed by atoms with Crippen molar-refractivity contribution in [1.82, 2.24) is 0 Å². The quantitative estimate of drug-likeness (QED) is 0.816. The van der Waals surface area contributed by atoms with E-state index < -0.39 is 11.6 Å². The van der Waals surface area contributed by atoms with E-state index in [1.807, 2.05) is 25.1 Å². The molecule has 2 aromatic rings. The molecule has 0 atom stereocenters. The lowest BCUT2D eigenvalue weighted by Crippen LogP contribution is -2.16. The molecule has 6 heteroatoms. The smallest absolute Gasteiger partial charge is 0.226 e. The van der Waals surface area contributed by atoms with Gasteiger partial charge in [0.25, 0.3) is 0 Å². The van der Waals surface area contributed by atoms with Gasteiger partial charge >= 0.3 is 0 Å². The van der Waals surface area contributed by atoms with E-state index in [-0.39, 0.29) is 12.3 Å². The third-order valence-electron chi connectivity index (χ3n) is 3.06. The molecule has 0 aliphatic rings. The van der Waals surface area contributed by atoms with Gasteiger partial charge in [0.1, 0.15) is 0 Å². The predicted octanol–water partition coefficient (Wildman–Crippen LogP) is 4.48. The molecule has 22 heavy (non-hydrogen) atoms. The molecule has 0 aromatic heterocycles. The number of halogens is 3. The summed E-state index contributed by atoms with van der Waals surface area (Å²) in [4.78, 5) is 11.8. The molecule has 0 bridgehead atoms. The van der Waals surface area contributed by atoms with Crippen LogP contribution in [0.25, 0.3) is 0 Å². The lowest BCUT2D eigenvalue weighted by atomic mass is 10.2. The van der Waals surface area contributed by atoms with Gasteiger partial charge in [0, 0.05) is 28.8 Å². The number of benzene rings is 2. The lowest BCUT2D eigenvalue weighted by molar-refractivity contribution is -0.115. The highest BCUT2D eigenvalue weighted by Gasteiger charge is 2.05. The zero-order valence-corrected chi connectivity index (χ0v) is 13.5. The Morgan fingerprint density at radius 2 is 1.82 bits per heavy atom. The lowest BCUT2D eigenvalue weighted by Gasteiger charge is -2.09. The Balaban J connectivity index is 1.82. The topological polar surface area (TPSA) is 41.1 Å². The third kappa shape index (κ3) is 4.53. The minimum absolute atomic E-state index is 0.161. The number of rotatable bonds is 5. The van der Waals surface area contributed by atoms with E-state index in [1.54, 1.807) is 0 Å². The first-order chi connectivity index (χ1) is 10.5. The number of amides is 1. The van der Waals surface area contributed by atoms with Crippen molar-refractivity contribution in [1.29, 1.82) is 0 Å². The molecule has 0 heterocycles. The monoisotopic (exact) mass is 368 g/mol. The number of aryl methyl sites for hydroxylation is 1. The maximum atomic E-state index is 13.0. The molecule has 0 spiro atoms. The second-order valence-electron chi connectivity index (χ2n) is 4.82. The van der Waals surface area contributed by atoms with Crippen molar-refractivity contribution in [2.75, 3.05) is 17.2 Å². The Morgan fingerprint density at radius 3 is 2.50 bits per heavy atom. The van der Waals surface area contributed by atoms with Gasteiger partial charge in [-0.3, -0.25) is 4.79 Å². The molecular weight excluding hydrogens is 354 g/mol. The summed E-state index contributed by atoms with van der Waals surface area (Å²) in [5, 5.41) is 5.65. The van der Waals surface area contributed by atoms with Gasteiger partial charge in [-0.05, 0) is 42.8 Å². The van der Waals surface area contributed by atoms with Gasteiger partial charge in [-0.15, -0.1) is 0 Å². The number of carbonyl (C=O) groups is 1. The minimum Gasteiger partial charge on any atom is -0.384 e. The number of hydrogen-bond acceptors (Lipinski definition) is 2. The molecule has 0 saturated heterocycles. The Labute approximate surface area is 135 Å². The average Bonchev–Trinajstić information content (AvgIpc) is 2.47. The van der Waals surface area contributed by atoms with Crippen molar-refractivity contribution in [3.05, 3.63) is 58.1 Å². The first-order valence-corrected chi connectivity index (χ1v) is 7.50. The van der Waals surface area contributed by atoms with Crippen LogP contribution >= 0.6 is 15.9 Å². The summed E-state index contributed by atoms with van der Waals surface area (Å²) in [5.74, 6) is -1.97. The zero-order valence-electron chi connectivity index (χ0n) is 11.9. The molecule has 2 N–H and O–H groups in total. The average molecular weight is 369 g/mol. The summed E-state index contributed by atoms with van der Waals surface area (Å²) in [6.45, 7) is 2.28. The maximum Gasteiger partial charge on any atom is 0.226 e. The van der Waals surface area contributed by atoms with Gasteiger partial charge in [0.05, 0.1) is 0 Å². The SMILES string of the molecule is Cc1ccc(NC(=O)CCNc2ccc(F)c(F)c2)cc1Br. The molecular formula is C16H15BrF2N2O. The molecule has 116 valence electrons. The van der Waals surface area contributed by atoms with Gasteiger partial charge in [-0.1, -0.05) is 22.0 Å². The van der Waals surface area contributed by atoms with Gasteiger partial charge in [0.2, 0.25) is 5.91 Å². The minimum atomic E-state index is -0.918. The van der Waals surface area contributed by atoms with Crippen LogP contribution < -0.4 is 10.6 Å². The van der Waals surface area contributed by atoms with Crippen molar-refractivity contribution < 1.29 is 13.6 Å². The number of anilines is 2. The molecule has 0 aliphatic heterocycles. The summed E-state index contributed by atoms with van der Waals surface area (Å²) in [6, 6.07) is 9.08. The van der Waals surface area contributed by atoms with Crippen LogP contribution in [0.15, 0.2) is 40.9 Å². The highest BCUT2D eigenvalue weighted by molar-refractivity contribution is 9.10. The molecule has 3 nitrogen and oxygen atoms in total. The first kappa shape index (κ1) is 16.4. The molecule has 0 fully saturated rings. The van der Waals surface area contributed by atoms with Crippen LogP contribution in [0.4, 0.5) is 20.2 Å². The maximum absolute atomic E-state index is 13.0. The molecule has 0 aliphatic carbocycles. The van der Waals surface area contributed by atoms with Crippen LogP contribution in [-0.2, 0) is 4.79 Å². The van der Waals surface area contributed by atoms with Gasteiger partial charge in [-0.2, -0.15) is 0 Å². The highest BCUT2D eigenvalue weighted by Crippen LogP contribution is 2.20. The van der Waals surface area contributed by atoms with Crippen molar-refractivity contribution in [3.8, 4) is 0 Å². The van der Waals surface area contributed by atoms with E-state index in [1.165, 1.54) is 6.07 Å². The second-order valence-corrected chi connectivity index (χ2v) is 5.67. The third-order valence-corrected chi connectivity index (χ3v) is 3.91. The van der Waals surface area contributed by atoms with E-state index in [0.29, 0.717) is 17.9 Å². The molecule has 0 unspecified atom stereocenters. The summed E-state index contributed by atoms with van der Waals surface area (Å²) >= 11 is 3.40. The number of hydrogen-bond donors (Lipinski definition) is 2. The first-order valence-electron chi connectivity index (χ1n) is 6.70. The molecule has 1 amide bonds. The Kier molecular flexibility index (Phi) is 5.49. The summed E-state index contributed by atoms with van der Waals surface area (Å²) in [5.41, 5.74) is 2.22. The fourth-order valence-corrected chi connectivity index (χ4v) is 2.20. The summed E-state index contributed by atoms with van der Waals surface area (Å²) < 4.78 is 26.7. The van der Waals surface area contributed by atoms with E-state index in [4.69, 9.17) is 0 Å². The Bertz CT molecular complexity index is 692. The number of carbonyl (C=O) groups excluding carboxylic acids is 1. The second kappa shape index (κ2) is 7.35. The highest BCUT2D eigenvalue weighted by atomic mass is 79.9. The number of nitrogens with one attached hydrogen (secondary N) is 2. The molecule has 0 saturated carbocycles. The largest absolute Gasteiger partial charge is 0.384 e. The van der Waals surface area contributed by atoms with Gasteiger partial charge in [-0.25, -0.2) is 8.78 Å². The van der Waals surface area contributed by atoms with Crippen molar-refractivity contribution in [2.45, 2.75) is 13.3 Å². The van der Waals surface area contributed by atoms with E-state index in [9.17, 15) is 13.6 Å². The van der Waals surface area contributed by atoms with Crippen molar-refractivity contribution >= 4 is 33.2 Å². The van der Waals surface area contributed by atoms with Crippen LogP contribution in [0.3, 0.4) is 0 Å². The van der Waals surface area contributed by atoms with Crippen molar-refractivity contribution in [2.24, 2.45) is 0 Å². The van der Waals surface area contributed by atoms with Crippen LogP contribution in [0.1, 0.15) is 12.0 Å². The zero-order chi connectivity index (χ0) is 16.1. The van der Waals surface area contributed by atoms with Crippen LogP contribution in [0.5, 0.6) is 0 Å². The fourth-order valence-electron chi connectivity index (χ4n) is 1.82. The van der Waals surface area contributed by atoms with E-state index >= 15 is 0 Å². The van der Waals surface area contributed by atoms with Crippen LogP contribution in [0.2, 0.25) is 0 Å². The summed E-state index contributed by atoms with van der Waals surface area (Å²) in [7, 11) is 0. The normalized spacial score (nSPS) is 10.4.